The van der Waals surface area contributed by atoms with Crippen LogP contribution in [0.15, 0.2) is 23.4 Å². The second kappa shape index (κ2) is 5.41. The van der Waals surface area contributed by atoms with Crippen molar-refractivity contribution in [1.82, 2.24) is 4.90 Å². The van der Waals surface area contributed by atoms with Crippen molar-refractivity contribution in [2.75, 3.05) is 13.6 Å². The van der Waals surface area contributed by atoms with Crippen molar-refractivity contribution < 1.29 is 14.0 Å². The fourth-order valence-electron chi connectivity index (χ4n) is 1.31. The highest BCUT2D eigenvalue weighted by Crippen LogP contribution is 2.10. The molecule has 0 fully saturated rings. The molecule has 1 aromatic carbocycles. The Morgan fingerprint density at radius 2 is 2.12 bits per heavy atom. The Bertz CT molecular complexity index is 396. The average Bonchev–Trinajstić information content (AvgIpc) is 2.23. The number of rotatable bonds is 4. The molecule has 1 rings (SSSR count). The van der Waals surface area contributed by atoms with Gasteiger partial charge in [-0.2, -0.15) is 0 Å². The van der Waals surface area contributed by atoms with Crippen LogP contribution in [0.25, 0.3) is 0 Å². The van der Waals surface area contributed by atoms with E-state index in [2.05, 4.69) is 5.16 Å². The maximum Gasteiger partial charge on any atom is 0.159 e. The zero-order valence-electron chi connectivity index (χ0n) is 8.82. The van der Waals surface area contributed by atoms with E-state index in [1.54, 1.807) is 11.9 Å². The molecule has 0 saturated carbocycles. The average molecular weight is 229 g/mol. The molecule has 3 N–H and O–H groups in total. The largest absolute Gasteiger partial charge is 0.409 e. The highest BCUT2D eigenvalue weighted by atomic mass is 19.2. The molecule has 0 unspecified atom stereocenters. The summed E-state index contributed by atoms with van der Waals surface area (Å²) in [6.07, 6.45) is 0. The van der Waals surface area contributed by atoms with E-state index in [1.165, 1.54) is 6.07 Å². The van der Waals surface area contributed by atoms with Gasteiger partial charge in [0.25, 0.3) is 0 Å². The highest BCUT2D eigenvalue weighted by Gasteiger charge is 2.06. The predicted octanol–water partition coefficient (Wildman–Crippen LogP) is 1.14. The molecular weight excluding hydrogens is 216 g/mol. The van der Waals surface area contributed by atoms with Gasteiger partial charge < -0.3 is 10.9 Å². The third kappa shape index (κ3) is 3.47. The molecule has 0 bridgehead atoms. The summed E-state index contributed by atoms with van der Waals surface area (Å²) in [7, 11) is 1.72. The molecule has 6 heteroatoms. The molecule has 0 radical (unpaired) electrons. The number of oxime groups is 1. The molecule has 0 aliphatic carbocycles. The minimum atomic E-state index is -0.880. The van der Waals surface area contributed by atoms with Gasteiger partial charge in [0.15, 0.2) is 17.5 Å². The van der Waals surface area contributed by atoms with Crippen LogP contribution >= 0.6 is 0 Å². The topological polar surface area (TPSA) is 61.8 Å². The Morgan fingerprint density at radius 3 is 2.69 bits per heavy atom. The lowest BCUT2D eigenvalue weighted by molar-refractivity contribution is 0.308. The monoisotopic (exact) mass is 229 g/mol. The summed E-state index contributed by atoms with van der Waals surface area (Å²) < 4.78 is 25.5. The molecule has 88 valence electrons. The molecule has 0 amide bonds. The van der Waals surface area contributed by atoms with Gasteiger partial charge in [0.05, 0.1) is 6.54 Å². The predicted molar refractivity (Wildman–Crippen MR) is 56.1 cm³/mol. The number of benzene rings is 1. The van der Waals surface area contributed by atoms with Crippen LogP contribution in [-0.4, -0.2) is 29.5 Å². The molecule has 0 saturated heterocycles. The van der Waals surface area contributed by atoms with Crippen molar-refractivity contribution in [2.24, 2.45) is 10.9 Å². The van der Waals surface area contributed by atoms with Crippen LogP contribution in [0.3, 0.4) is 0 Å². The zero-order valence-corrected chi connectivity index (χ0v) is 8.82. The Labute approximate surface area is 92.0 Å². The van der Waals surface area contributed by atoms with Crippen molar-refractivity contribution >= 4 is 5.84 Å². The fraction of sp³-hybridized carbons (Fsp3) is 0.300. The first-order valence-electron chi connectivity index (χ1n) is 4.62. The van der Waals surface area contributed by atoms with Gasteiger partial charge in [0, 0.05) is 6.54 Å². The number of likely N-dealkylation sites (N-methyl/N-ethyl adjacent to an activating group) is 1. The lowest BCUT2D eigenvalue weighted by atomic mass is 10.2. The van der Waals surface area contributed by atoms with Gasteiger partial charge in [-0.05, 0) is 24.7 Å². The van der Waals surface area contributed by atoms with E-state index >= 15 is 0 Å². The molecule has 0 heterocycles. The number of nitrogens with two attached hydrogens (primary N) is 1. The van der Waals surface area contributed by atoms with Crippen molar-refractivity contribution in [2.45, 2.75) is 6.54 Å². The van der Waals surface area contributed by atoms with Crippen LogP contribution < -0.4 is 5.73 Å². The quantitative estimate of drug-likeness (QED) is 0.352. The van der Waals surface area contributed by atoms with Crippen molar-refractivity contribution in [3.8, 4) is 0 Å². The van der Waals surface area contributed by atoms with Gasteiger partial charge in [-0.15, -0.1) is 0 Å². The number of nitrogens with zero attached hydrogens (tertiary/aromatic N) is 2. The summed E-state index contributed by atoms with van der Waals surface area (Å²) in [6.45, 7) is 0.628. The first-order valence-corrected chi connectivity index (χ1v) is 4.62. The summed E-state index contributed by atoms with van der Waals surface area (Å²) >= 11 is 0. The maximum atomic E-state index is 12.9. The maximum absolute atomic E-state index is 12.9. The number of hydrogen-bond donors (Lipinski definition) is 2. The lowest BCUT2D eigenvalue weighted by Gasteiger charge is -2.15. The Balaban J connectivity index is 2.63. The van der Waals surface area contributed by atoms with E-state index in [0.29, 0.717) is 12.1 Å². The summed E-state index contributed by atoms with van der Waals surface area (Å²) in [4.78, 5) is 1.71. The number of amidine groups is 1. The fourth-order valence-corrected chi connectivity index (χ4v) is 1.31. The molecular formula is C10H13F2N3O. The molecule has 1 aromatic rings. The van der Waals surface area contributed by atoms with E-state index < -0.39 is 11.6 Å². The summed E-state index contributed by atoms with van der Waals surface area (Å²) in [5.41, 5.74) is 5.92. The molecule has 4 nitrogen and oxygen atoms in total. The SMILES string of the molecule is CN(C/C(N)=N/O)Cc1ccc(F)c(F)c1. The first kappa shape index (κ1) is 12.4. The molecule has 0 aromatic heterocycles. The summed E-state index contributed by atoms with van der Waals surface area (Å²) in [5.74, 6) is -1.69. The summed E-state index contributed by atoms with van der Waals surface area (Å²) in [5, 5.41) is 11.2. The van der Waals surface area contributed by atoms with Crippen LogP contribution in [0.1, 0.15) is 5.56 Å². The van der Waals surface area contributed by atoms with Crippen LogP contribution in [0.5, 0.6) is 0 Å². The minimum Gasteiger partial charge on any atom is -0.409 e. The van der Waals surface area contributed by atoms with E-state index in [0.717, 1.165) is 12.1 Å². The van der Waals surface area contributed by atoms with Gasteiger partial charge in [-0.25, -0.2) is 8.78 Å². The second-order valence-electron chi connectivity index (χ2n) is 3.51. The third-order valence-electron chi connectivity index (χ3n) is 2.00. The third-order valence-corrected chi connectivity index (χ3v) is 2.00. The summed E-state index contributed by atoms with van der Waals surface area (Å²) in [6, 6.07) is 3.68. The van der Waals surface area contributed by atoms with Crippen molar-refractivity contribution in [3.63, 3.8) is 0 Å². The first-order chi connectivity index (χ1) is 7.52. The van der Waals surface area contributed by atoms with Gasteiger partial charge in [-0.1, -0.05) is 11.2 Å². The van der Waals surface area contributed by atoms with E-state index in [9.17, 15) is 8.78 Å². The van der Waals surface area contributed by atoms with Gasteiger partial charge in [-0.3, -0.25) is 4.90 Å². The Kier molecular flexibility index (Phi) is 4.19. The van der Waals surface area contributed by atoms with Crippen molar-refractivity contribution in [3.05, 3.63) is 35.4 Å². The molecule has 16 heavy (non-hydrogen) atoms. The molecule has 0 aliphatic heterocycles. The normalized spacial score (nSPS) is 12.1. The van der Waals surface area contributed by atoms with Crippen molar-refractivity contribution in [1.29, 1.82) is 0 Å². The standard InChI is InChI=1S/C10H13F2N3O/c1-15(6-10(13)14-16)5-7-2-3-8(11)9(12)4-7/h2-4,16H,5-6H2,1H3,(H2,13,14). The lowest BCUT2D eigenvalue weighted by Crippen LogP contribution is -2.30. The van der Waals surface area contributed by atoms with Crippen LogP contribution in [0.4, 0.5) is 8.78 Å². The van der Waals surface area contributed by atoms with Crippen LogP contribution in [0.2, 0.25) is 0 Å². The smallest absolute Gasteiger partial charge is 0.159 e. The number of halogens is 2. The van der Waals surface area contributed by atoms with E-state index in [1.807, 2.05) is 0 Å². The van der Waals surface area contributed by atoms with E-state index in [-0.39, 0.29) is 12.4 Å². The Hall–Kier alpha value is -1.69. The van der Waals surface area contributed by atoms with Gasteiger partial charge in [0.1, 0.15) is 0 Å². The zero-order chi connectivity index (χ0) is 12.1. The van der Waals surface area contributed by atoms with Crippen LogP contribution in [0, 0.1) is 11.6 Å². The molecule has 0 spiro atoms. The van der Waals surface area contributed by atoms with Crippen LogP contribution in [-0.2, 0) is 6.54 Å². The molecule has 0 atom stereocenters. The highest BCUT2D eigenvalue weighted by molar-refractivity contribution is 5.81. The molecule has 0 aliphatic rings. The Morgan fingerprint density at radius 1 is 1.44 bits per heavy atom. The second-order valence-corrected chi connectivity index (χ2v) is 3.51. The minimum absolute atomic E-state index is 0.0603. The van der Waals surface area contributed by atoms with Gasteiger partial charge in [0.2, 0.25) is 0 Å². The van der Waals surface area contributed by atoms with Gasteiger partial charge >= 0.3 is 0 Å². The van der Waals surface area contributed by atoms with E-state index in [4.69, 9.17) is 10.9 Å². The number of hydrogen-bond acceptors (Lipinski definition) is 3.